The Labute approximate surface area is 115 Å². The molecule has 0 aliphatic heterocycles. The second kappa shape index (κ2) is 5.70. The van der Waals surface area contributed by atoms with Crippen molar-refractivity contribution < 1.29 is 8.83 Å². The number of hydrogen-bond acceptors (Lipinski definition) is 6. The lowest BCUT2D eigenvalue weighted by Gasteiger charge is -2.19. The summed E-state index contributed by atoms with van der Waals surface area (Å²) < 4.78 is 10.0. The molecule has 3 rings (SSSR count). The summed E-state index contributed by atoms with van der Waals surface area (Å²) in [4.78, 5) is 17.9. The van der Waals surface area contributed by atoms with Crippen LogP contribution in [0.3, 0.4) is 0 Å². The zero-order chi connectivity index (χ0) is 13.8. The molecule has 0 amide bonds. The SMILES string of the molecule is Cc1[nH]cnc1CN(Cc1cocn1)Cc1cocn1. The molecule has 3 heterocycles. The quantitative estimate of drug-likeness (QED) is 0.738. The van der Waals surface area contributed by atoms with Gasteiger partial charge in [-0.15, -0.1) is 0 Å². The Kier molecular flexibility index (Phi) is 3.60. The predicted octanol–water partition coefficient (Wildman–Crippen LogP) is 1.90. The minimum absolute atomic E-state index is 0.662. The van der Waals surface area contributed by atoms with Crippen molar-refractivity contribution >= 4 is 0 Å². The van der Waals surface area contributed by atoms with Crippen LogP contribution in [0, 0.1) is 6.92 Å². The van der Waals surface area contributed by atoms with Gasteiger partial charge in [0.05, 0.1) is 23.4 Å². The van der Waals surface area contributed by atoms with Gasteiger partial charge in [-0.1, -0.05) is 0 Å². The Hall–Kier alpha value is -2.41. The standard InChI is InChI=1S/C13H15N5O2/c1-10-13(15-7-14-10)4-18(2-11-5-19-8-16-11)3-12-6-20-9-17-12/h5-9H,2-4H2,1H3,(H,14,15). The monoisotopic (exact) mass is 273 g/mol. The molecule has 0 fully saturated rings. The van der Waals surface area contributed by atoms with E-state index in [1.807, 2.05) is 6.92 Å². The lowest BCUT2D eigenvalue weighted by molar-refractivity contribution is 0.238. The molecule has 0 spiro atoms. The zero-order valence-corrected chi connectivity index (χ0v) is 11.1. The third-order valence-electron chi connectivity index (χ3n) is 3.05. The fourth-order valence-electron chi connectivity index (χ4n) is 2.02. The Morgan fingerprint density at radius 2 is 1.65 bits per heavy atom. The number of imidazole rings is 1. The molecule has 1 N–H and O–H groups in total. The first kappa shape index (κ1) is 12.6. The summed E-state index contributed by atoms with van der Waals surface area (Å²) >= 11 is 0. The summed E-state index contributed by atoms with van der Waals surface area (Å²) in [7, 11) is 0. The molecule has 0 aliphatic carbocycles. The van der Waals surface area contributed by atoms with Crippen LogP contribution in [0.2, 0.25) is 0 Å². The Morgan fingerprint density at radius 1 is 1.00 bits per heavy atom. The van der Waals surface area contributed by atoms with E-state index in [4.69, 9.17) is 8.83 Å². The van der Waals surface area contributed by atoms with Crippen LogP contribution in [-0.4, -0.2) is 24.8 Å². The maximum absolute atomic E-state index is 5.02. The molecule has 104 valence electrons. The molecule has 3 aromatic rings. The number of rotatable bonds is 6. The van der Waals surface area contributed by atoms with Crippen molar-refractivity contribution in [2.45, 2.75) is 26.6 Å². The highest BCUT2D eigenvalue weighted by Crippen LogP contribution is 2.12. The highest BCUT2D eigenvalue weighted by atomic mass is 16.3. The van der Waals surface area contributed by atoms with Crippen LogP contribution in [0.15, 0.2) is 40.5 Å². The Morgan fingerprint density at radius 3 is 2.10 bits per heavy atom. The van der Waals surface area contributed by atoms with Crippen LogP contribution in [0.5, 0.6) is 0 Å². The van der Waals surface area contributed by atoms with Crippen molar-refractivity contribution in [3.8, 4) is 0 Å². The van der Waals surface area contributed by atoms with Crippen molar-refractivity contribution in [1.82, 2.24) is 24.8 Å². The number of H-pyrrole nitrogens is 1. The van der Waals surface area contributed by atoms with Crippen LogP contribution in [0.1, 0.15) is 22.8 Å². The third kappa shape index (κ3) is 2.94. The molecular weight excluding hydrogens is 258 g/mol. The number of oxazole rings is 2. The second-order valence-electron chi connectivity index (χ2n) is 4.58. The van der Waals surface area contributed by atoms with Crippen molar-refractivity contribution in [3.63, 3.8) is 0 Å². The van der Waals surface area contributed by atoms with Gasteiger partial charge in [-0.3, -0.25) is 4.90 Å². The maximum atomic E-state index is 5.02. The van der Waals surface area contributed by atoms with E-state index < -0.39 is 0 Å². The zero-order valence-electron chi connectivity index (χ0n) is 11.1. The summed E-state index contributed by atoms with van der Waals surface area (Å²) in [5.74, 6) is 0. The van der Waals surface area contributed by atoms with E-state index in [0.717, 1.165) is 22.8 Å². The molecule has 0 aliphatic rings. The molecule has 0 saturated carbocycles. The minimum atomic E-state index is 0.662. The normalized spacial score (nSPS) is 11.3. The Balaban J connectivity index is 1.74. The van der Waals surface area contributed by atoms with Crippen LogP contribution in [-0.2, 0) is 19.6 Å². The topological polar surface area (TPSA) is 84.0 Å². The maximum Gasteiger partial charge on any atom is 0.180 e. The van der Waals surface area contributed by atoms with Crippen LogP contribution in [0.4, 0.5) is 0 Å². The first-order chi connectivity index (χ1) is 9.81. The van der Waals surface area contributed by atoms with Crippen LogP contribution < -0.4 is 0 Å². The number of aromatic nitrogens is 4. The van der Waals surface area contributed by atoms with E-state index in [1.165, 1.54) is 12.8 Å². The van der Waals surface area contributed by atoms with Gasteiger partial charge in [-0.05, 0) is 6.92 Å². The molecule has 0 atom stereocenters. The van der Waals surface area contributed by atoms with E-state index >= 15 is 0 Å². The average Bonchev–Trinajstić information content (AvgIpc) is 3.15. The highest BCUT2D eigenvalue weighted by molar-refractivity contribution is 5.09. The number of nitrogens with zero attached hydrogens (tertiary/aromatic N) is 4. The summed E-state index contributed by atoms with van der Waals surface area (Å²) in [5.41, 5.74) is 3.83. The van der Waals surface area contributed by atoms with Gasteiger partial charge in [0.2, 0.25) is 0 Å². The van der Waals surface area contributed by atoms with Crippen molar-refractivity contribution in [3.05, 3.63) is 54.4 Å². The smallest absolute Gasteiger partial charge is 0.180 e. The van der Waals surface area contributed by atoms with Gasteiger partial charge < -0.3 is 13.8 Å². The molecule has 20 heavy (non-hydrogen) atoms. The van der Waals surface area contributed by atoms with E-state index in [1.54, 1.807) is 18.9 Å². The van der Waals surface area contributed by atoms with E-state index in [-0.39, 0.29) is 0 Å². The summed E-state index contributed by atoms with van der Waals surface area (Å²) in [6, 6.07) is 0. The van der Waals surface area contributed by atoms with Crippen molar-refractivity contribution in [2.75, 3.05) is 0 Å². The van der Waals surface area contributed by atoms with Crippen LogP contribution >= 0.6 is 0 Å². The fraction of sp³-hybridized carbons (Fsp3) is 0.308. The van der Waals surface area contributed by atoms with Gasteiger partial charge in [-0.25, -0.2) is 15.0 Å². The lowest BCUT2D eigenvalue weighted by Crippen LogP contribution is -2.23. The molecule has 0 unspecified atom stereocenters. The first-order valence-electron chi connectivity index (χ1n) is 6.26. The number of hydrogen-bond donors (Lipinski definition) is 1. The first-order valence-corrected chi connectivity index (χ1v) is 6.26. The van der Waals surface area contributed by atoms with Crippen molar-refractivity contribution in [2.24, 2.45) is 0 Å². The molecule has 0 bridgehead atoms. The van der Waals surface area contributed by atoms with E-state index in [0.29, 0.717) is 19.6 Å². The molecule has 0 saturated heterocycles. The summed E-state index contributed by atoms with van der Waals surface area (Å²) in [6.07, 6.45) is 7.86. The number of aryl methyl sites for hydroxylation is 1. The number of aromatic amines is 1. The minimum Gasteiger partial charge on any atom is -0.451 e. The van der Waals surface area contributed by atoms with Gasteiger partial charge in [0.15, 0.2) is 12.8 Å². The Bertz CT molecular complexity index is 593. The molecule has 7 nitrogen and oxygen atoms in total. The average molecular weight is 273 g/mol. The van der Waals surface area contributed by atoms with Gasteiger partial charge >= 0.3 is 0 Å². The van der Waals surface area contributed by atoms with Gasteiger partial charge in [0, 0.05) is 25.3 Å². The lowest BCUT2D eigenvalue weighted by atomic mass is 10.3. The van der Waals surface area contributed by atoms with Crippen LogP contribution in [0.25, 0.3) is 0 Å². The highest BCUT2D eigenvalue weighted by Gasteiger charge is 2.13. The predicted molar refractivity (Wildman–Crippen MR) is 69.3 cm³/mol. The van der Waals surface area contributed by atoms with Gasteiger partial charge in [-0.2, -0.15) is 0 Å². The van der Waals surface area contributed by atoms with Gasteiger partial charge in [0.1, 0.15) is 12.5 Å². The molecule has 0 radical (unpaired) electrons. The third-order valence-corrected chi connectivity index (χ3v) is 3.05. The van der Waals surface area contributed by atoms with Gasteiger partial charge in [0.25, 0.3) is 0 Å². The second-order valence-corrected chi connectivity index (χ2v) is 4.58. The largest absolute Gasteiger partial charge is 0.451 e. The molecule has 3 aromatic heterocycles. The summed E-state index contributed by atoms with van der Waals surface area (Å²) in [6.45, 7) is 4.03. The van der Waals surface area contributed by atoms with E-state index in [2.05, 4.69) is 24.8 Å². The molecule has 7 heteroatoms. The summed E-state index contributed by atoms with van der Waals surface area (Å²) in [5, 5.41) is 0. The molecular formula is C13H15N5O2. The number of nitrogens with one attached hydrogen (secondary N) is 1. The molecule has 0 aromatic carbocycles. The van der Waals surface area contributed by atoms with E-state index in [9.17, 15) is 0 Å². The van der Waals surface area contributed by atoms with Crippen molar-refractivity contribution in [1.29, 1.82) is 0 Å². The fourth-order valence-corrected chi connectivity index (χ4v) is 2.02.